The summed E-state index contributed by atoms with van der Waals surface area (Å²) in [5, 5.41) is 11.3. The Kier molecular flexibility index (Phi) is 5.56. The van der Waals surface area contributed by atoms with Gasteiger partial charge in [-0.25, -0.2) is 9.67 Å². The number of hydrogen-bond acceptors (Lipinski definition) is 5. The van der Waals surface area contributed by atoms with Crippen molar-refractivity contribution in [1.82, 2.24) is 20.1 Å². The second-order valence-corrected chi connectivity index (χ2v) is 6.85. The van der Waals surface area contributed by atoms with Crippen molar-refractivity contribution in [2.75, 3.05) is 5.32 Å². The van der Waals surface area contributed by atoms with Gasteiger partial charge in [0.15, 0.2) is 0 Å². The molecular formula is C16H14BrN5O2S. The van der Waals surface area contributed by atoms with Gasteiger partial charge in [0.2, 0.25) is 11.9 Å². The Morgan fingerprint density at radius 2 is 2.00 bits per heavy atom. The van der Waals surface area contributed by atoms with E-state index in [4.69, 9.17) is 0 Å². The Hall–Kier alpha value is -2.52. The van der Waals surface area contributed by atoms with Gasteiger partial charge in [0.05, 0.1) is 0 Å². The zero-order valence-electron chi connectivity index (χ0n) is 13.0. The molecule has 2 N–H and O–H groups in total. The van der Waals surface area contributed by atoms with Crippen LogP contribution < -0.4 is 10.6 Å². The van der Waals surface area contributed by atoms with E-state index < -0.39 is 0 Å². The second kappa shape index (κ2) is 8.04. The van der Waals surface area contributed by atoms with E-state index in [-0.39, 0.29) is 24.3 Å². The fraction of sp³-hybridized carbons (Fsp3) is 0.125. The molecule has 1 aromatic carbocycles. The fourth-order valence-corrected chi connectivity index (χ4v) is 3.49. The number of nitrogens with one attached hydrogen (secondary N) is 2. The number of hydrogen-bond donors (Lipinski definition) is 2. The van der Waals surface area contributed by atoms with Gasteiger partial charge < -0.3 is 5.32 Å². The van der Waals surface area contributed by atoms with Gasteiger partial charge in [-0.05, 0) is 32.9 Å². The van der Waals surface area contributed by atoms with Crippen molar-refractivity contribution in [3.63, 3.8) is 0 Å². The molecule has 2 aromatic heterocycles. The SMILES string of the molecule is O=C(Cn1cnc(NC(=O)c2sccc2Br)n1)NCc1ccccc1. The van der Waals surface area contributed by atoms with Gasteiger partial charge in [-0.3, -0.25) is 14.9 Å². The zero-order chi connectivity index (χ0) is 17.6. The van der Waals surface area contributed by atoms with Crippen molar-refractivity contribution in [3.8, 4) is 0 Å². The summed E-state index contributed by atoms with van der Waals surface area (Å²) in [4.78, 5) is 28.6. The van der Waals surface area contributed by atoms with Crippen LogP contribution in [0.2, 0.25) is 0 Å². The maximum Gasteiger partial charge on any atom is 0.269 e. The first-order valence-electron chi connectivity index (χ1n) is 7.36. The molecule has 0 spiro atoms. The minimum absolute atomic E-state index is 0.0262. The van der Waals surface area contributed by atoms with Gasteiger partial charge in [0.25, 0.3) is 5.91 Å². The third-order valence-corrected chi connectivity index (χ3v) is 5.06. The molecule has 0 aliphatic heterocycles. The molecule has 0 aliphatic carbocycles. The van der Waals surface area contributed by atoms with Crippen molar-refractivity contribution in [3.05, 3.63) is 63.0 Å². The largest absolute Gasteiger partial charge is 0.350 e. The molecule has 128 valence electrons. The number of carbonyl (C=O) groups excluding carboxylic acids is 2. The highest BCUT2D eigenvalue weighted by Crippen LogP contribution is 2.23. The summed E-state index contributed by atoms with van der Waals surface area (Å²) in [7, 11) is 0. The summed E-state index contributed by atoms with van der Waals surface area (Å²) >= 11 is 4.62. The van der Waals surface area contributed by atoms with E-state index in [0.717, 1.165) is 10.0 Å². The Labute approximate surface area is 156 Å². The average molecular weight is 420 g/mol. The lowest BCUT2D eigenvalue weighted by atomic mass is 10.2. The topological polar surface area (TPSA) is 88.9 Å². The van der Waals surface area contributed by atoms with Crippen LogP contribution in [0.25, 0.3) is 0 Å². The van der Waals surface area contributed by atoms with Crippen LogP contribution in [0.5, 0.6) is 0 Å². The molecule has 0 atom stereocenters. The molecule has 7 nitrogen and oxygen atoms in total. The molecule has 0 saturated heterocycles. The normalized spacial score (nSPS) is 10.4. The maximum absolute atomic E-state index is 12.1. The van der Waals surface area contributed by atoms with E-state index in [9.17, 15) is 9.59 Å². The number of amides is 2. The molecule has 9 heteroatoms. The summed E-state index contributed by atoms with van der Waals surface area (Å²) in [6.07, 6.45) is 1.40. The van der Waals surface area contributed by atoms with Crippen LogP contribution in [-0.2, 0) is 17.9 Å². The number of aromatic nitrogens is 3. The molecule has 0 aliphatic rings. The molecular weight excluding hydrogens is 406 g/mol. The number of rotatable bonds is 6. The monoisotopic (exact) mass is 419 g/mol. The molecule has 0 unspecified atom stereocenters. The third-order valence-electron chi connectivity index (χ3n) is 3.22. The summed E-state index contributed by atoms with van der Waals surface area (Å²) in [6, 6.07) is 11.4. The van der Waals surface area contributed by atoms with Gasteiger partial charge in [0.1, 0.15) is 17.7 Å². The van der Waals surface area contributed by atoms with Crippen LogP contribution in [0, 0.1) is 0 Å². The van der Waals surface area contributed by atoms with Crippen molar-refractivity contribution in [1.29, 1.82) is 0 Å². The number of benzene rings is 1. The molecule has 2 heterocycles. The number of anilines is 1. The van der Waals surface area contributed by atoms with E-state index in [2.05, 4.69) is 36.6 Å². The standard InChI is InChI=1S/C16H14BrN5O2S/c17-12-6-7-25-14(12)15(24)20-16-19-10-22(21-16)9-13(23)18-8-11-4-2-1-3-5-11/h1-7,10H,8-9H2,(H,18,23)(H,20,21,24). The van der Waals surface area contributed by atoms with Crippen LogP contribution in [0.15, 0.2) is 52.6 Å². The van der Waals surface area contributed by atoms with E-state index in [1.165, 1.54) is 22.3 Å². The highest BCUT2D eigenvalue weighted by Gasteiger charge is 2.14. The number of thiophene rings is 1. The van der Waals surface area contributed by atoms with Crippen LogP contribution in [0.4, 0.5) is 5.95 Å². The molecule has 3 rings (SSSR count). The number of halogens is 1. The minimum Gasteiger partial charge on any atom is -0.350 e. The Balaban J connectivity index is 1.52. The van der Waals surface area contributed by atoms with Crippen LogP contribution >= 0.6 is 27.3 Å². The van der Waals surface area contributed by atoms with E-state index in [0.29, 0.717) is 11.4 Å². The zero-order valence-corrected chi connectivity index (χ0v) is 15.4. The van der Waals surface area contributed by atoms with Crippen molar-refractivity contribution >= 4 is 45.0 Å². The second-order valence-electron chi connectivity index (χ2n) is 5.08. The Morgan fingerprint density at radius 1 is 1.20 bits per heavy atom. The van der Waals surface area contributed by atoms with Gasteiger partial charge >= 0.3 is 0 Å². The predicted molar refractivity (Wildman–Crippen MR) is 98.3 cm³/mol. The van der Waals surface area contributed by atoms with Crippen molar-refractivity contribution < 1.29 is 9.59 Å². The first-order valence-corrected chi connectivity index (χ1v) is 9.03. The number of carbonyl (C=O) groups is 2. The van der Waals surface area contributed by atoms with Crippen LogP contribution in [0.3, 0.4) is 0 Å². The molecule has 25 heavy (non-hydrogen) atoms. The summed E-state index contributed by atoms with van der Waals surface area (Å²) < 4.78 is 2.09. The third kappa shape index (κ3) is 4.74. The van der Waals surface area contributed by atoms with Crippen molar-refractivity contribution in [2.24, 2.45) is 0 Å². The fourth-order valence-electron chi connectivity index (χ4n) is 2.04. The first kappa shape index (κ1) is 17.3. The number of nitrogens with zero attached hydrogens (tertiary/aromatic N) is 3. The smallest absolute Gasteiger partial charge is 0.269 e. The molecule has 3 aromatic rings. The summed E-state index contributed by atoms with van der Waals surface area (Å²) in [5.74, 6) is -0.332. The minimum atomic E-state index is -0.298. The first-order chi connectivity index (χ1) is 12.1. The average Bonchev–Trinajstić information content (AvgIpc) is 3.23. The van der Waals surface area contributed by atoms with Crippen LogP contribution in [0.1, 0.15) is 15.2 Å². The summed E-state index contributed by atoms with van der Waals surface area (Å²) in [5.41, 5.74) is 1.02. The molecule has 0 bridgehead atoms. The van der Waals surface area contributed by atoms with Crippen LogP contribution in [-0.4, -0.2) is 26.6 Å². The molecule has 0 fully saturated rings. The molecule has 0 saturated carbocycles. The molecule has 0 radical (unpaired) electrons. The Bertz CT molecular complexity index is 878. The quantitative estimate of drug-likeness (QED) is 0.642. The van der Waals surface area contributed by atoms with E-state index in [1.54, 1.807) is 6.07 Å². The highest BCUT2D eigenvalue weighted by molar-refractivity contribution is 9.10. The highest BCUT2D eigenvalue weighted by atomic mass is 79.9. The summed E-state index contributed by atoms with van der Waals surface area (Å²) in [6.45, 7) is 0.475. The lowest BCUT2D eigenvalue weighted by Crippen LogP contribution is -2.27. The van der Waals surface area contributed by atoms with Gasteiger partial charge in [-0.2, -0.15) is 0 Å². The predicted octanol–water partition coefficient (Wildman–Crippen LogP) is 2.67. The Morgan fingerprint density at radius 3 is 2.72 bits per heavy atom. The lowest BCUT2D eigenvalue weighted by molar-refractivity contribution is -0.122. The van der Waals surface area contributed by atoms with E-state index in [1.807, 2.05) is 35.7 Å². The van der Waals surface area contributed by atoms with Gasteiger partial charge in [-0.1, -0.05) is 30.3 Å². The van der Waals surface area contributed by atoms with Gasteiger partial charge in [0, 0.05) is 11.0 Å². The maximum atomic E-state index is 12.1. The lowest BCUT2D eigenvalue weighted by Gasteiger charge is -2.05. The molecule has 2 amide bonds. The van der Waals surface area contributed by atoms with Gasteiger partial charge in [-0.15, -0.1) is 16.4 Å². The van der Waals surface area contributed by atoms with E-state index >= 15 is 0 Å². The van der Waals surface area contributed by atoms with Crippen molar-refractivity contribution in [2.45, 2.75) is 13.1 Å².